The van der Waals surface area contributed by atoms with E-state index in [1.807, 2.05) is 42.5 Å². The minimum atomic E-state index is -0.715. The van der Waals surface area contributed by atoms with Crippen LogP contribution >= 0.6 is 23.2 Å². The van der Waals surface area contributed by atoms with Crippen molar-refractivity contribution in [2.75, 3.05) is 31.6 Å². The summed E-state index contributed by atoms with van der Waals surface area (Å²) in [6, 6.07) is 21.8. The predicted octanol–water partition coefficient (Wildman–Crippen LogP) is 2.64. The fourth-order valence-corrected chi connectivity index (χ4v) is 3.96. The minimum Gasteiger partial charge on any atom is -1.00 e. The lowest BCUT2D eigenvalue weighted by Gasteiger charge is -2.21. The molecule has 0 fully saturated rings. The van der Waals surface area contributed by atoms with Gasteiger partial charge in [-0.15, -0.1) is 0 Å². The number of nitrogens with one attached hydrogen (secondary N) is 2. The lowest BCUT2D eigenvalue weighted by atomic mass is 10.0. The fraction of sp³-hybridized carbons (Fsp3) is 0.269. The number of carbonyl (C=O) groups excluding carboxylic acids is 1. The van der Waals surface area contributed by atoms with Crippen molar-refractivity contribution < 1.29 is 31.6 Å². The first-order valence-electron chi connectivity index (χ1n) is 11.0. The largest absolute Gasteiger partial charge is 1.00 e. The van der Waals surface area contributed by atoms with E-state index < -0.39 is 12.2 Å². The summed E-state index contributed by atoms with van der Waals surface area (Å²) < 4.78 is 11.7. The molecule has 0 aliphatic rings. The Hall–Kier alpha value is -2.44. The topological polar surface area (TPSA) is 52.0 Å². The van der Waals surface area contributed by atoms with Crippen molar-refractivity contribution in [2.45, 2.75) is 20.0 Å². The molecule has 0 aliphatic heterocycles. The van der Waals surface area contributed by atoms with E-state index in [1.165, 1.54) is 4.90 Å². The van der Waals surface area contributed by atoms with Crippen LogP contribution in [0.4, 0.5) is 10.5 Å². The number of hydrogen-bond donors (Lipinski definition) is 2. The van der Waals surface area contributed by atoms with Crippen molar-refractivity contribution in [1.29, 1.82) is 0 Å². The van der Waals surface area contributed by atoms with Gasteiger partial charge in [-0.25, -0.2) is 4.79 Å². The minimum absolute atomic E-state index is 0. The van der Waals surface area contributed by atoms with E-state index in [-0.39, 0.29) is 12.4 Å². The number of para-hydroxylation sites is 1. The van der Waals surface area contributed by atoms with Gasteiger partial charge in [0.2, 0.25) is 0 Å². The maximum atomic E-state index is 12.6. The maximum absolute atomic E-state index is 12.6. The van der Waals surface area contributed by atoms with Gasteiger partial charge >= 0.3 is 6.09 Å². The smallest absolute Gasteiger partial charge is 0.412 e. The Morgan fingerprint density at radius 3 is 2.26 bits per heavy atom. The molecule has 1 amide bonds. The summed E-state index contributed by atoms with van der Waals surface area (Å²) >= 11 is 12.5. The van der Waals surface area contributed by atoms with Gasteiger partial charge < -0.3 is 26.8 Å². The molecule has 182 valence electrons. The predicted molar refractivity (Wildman–Crippen MR) is 134 cm³/mol. The lowest BCUT2D eigenvalue weighted by Crippen LogP contribution is -3.12. The third-order valence-electron chi connectivity index (χ3n) is 5.40. The Kier molecular flexibility index (Phi) is 11.5. The molecule has 0 aromatic heterocycles. The van der Waals surface area contributed by atoms with Crippen molar-refractivity contribution in [3.8, 4) is 5.75 Å². The molecule has 3 rings (SSSR count). The average Bonchev–Trinajstić information content (AvgIpc) is 2.82. The van der Waals surface area contributed by atoms with Crippen LogP contribution in [0.15, 0.2) is 72.8 Å². The quantitative estimate of drug-likeness (QED) is 0.430. The molecular formula is C26H29Cl3N2O3. The van der Waals surface area contributed by atoms with Crippen LogP contribution in [0, 0.1) is 0 Å². The summed E-state index contributed by atoms with van der Waals surface area (Å²) in [6.07, 6.45) is -1.30. The number of likely N-dealkylation sites (N-methyl/N-ethyl adjacent to an activating group) is 1. The summed E-state index contributed by atoms with van der Waals surface area (Å²) in [5, 5.41) is 3.67. The number of rotatable bonds is 10. The molecule has 1 atom stereocenters. The number of ether oxygens (including phenoxy) is 2. The third kappa shape index (κ3) is 8.10. The van der Waals surface area contributed by atoms with Gasteiger partial charge in [0.1, 0.15) is 18.9 Å². The molecule has 8 heteroatoms. The highest BCUT2D eigenvalue weighted by molar-refractivity contribution is 6.35. The number of amides is 1. The van der Waals surface area contributed by atoms with Gasteiger partial charge in [-0.05, 0) is 55.8 Å². The van der Waals surface area contributed by atoms with Crippen LogP contribution in [-0.2, 0) is 4.74 Å². The molecule has 0 bridgehead atoms. The molecule has 0 spiro atoms. The first-order valence-corrected chi connectivity index (χ1v) is 11.8. The van der Waals surface area contributed by atoms with Gasteiger partial charge in [0.25, 0.3) is 0 Å². The maximum Gasteiger partial charge on any atom is 0.412 e. The molecule has 3 aromatic carbocycles. The Morgan fingerprint density at radius 2 is 1.65 bits per heavy atom. The monoisotopic (exact) mass is 522 g/mol. The highest BCUT2D eigenvalue weighted by atomic mass is 35.5. The van der Waals surface area contributed by atoms with Crippen LogP contribution in [0.3, 0.4) is 0 Å². The van der Waals surface area contributed by atoms with Crippen LogP contribution in [-0.4, -0.2) is 32.3 Å². The van der Waals surface area contributed by atoms with Crippen LogP contribution in [0.1, 0.15) is 31.1 Å². The normalized spacial score (nSPS) is 11.4. The summed E-state index contributed by atoms with van der Waals surface area (Å²) in [6.45, 7) is 8.07. The third-order valence-corrected chi connectivity index (χ3v) is 5.96. The van der Waals surface area contributed by atoms with Crippen LogP contribution in [0.2, 0.25) is 10.0 Å². The number of halogens is 3. The van der Waals surface area contributed by atoms with Crippen molar-refractivity contribution in [1.82, 2.24) is 0 Å². The summed E-state index contributed by atoms with van der Waals surface area (Å²) in [4.78, 5) is 14.1. The second kappa shape index (κ2) is 14.1. The van der Waals surface area contributed by atoms with E-state index in [4.69, 9.17) is 32.7 Å². The van der Waals surface area contributed by atoms with E-state index in [2.05, 4.69) is 19.2 Å². The Morgan fingerprint density at radius 1 is 0.971 bits per heavy atom. The van der Waals surface area contributed by atoms with Gasteiger partial charge in [0.05, 0.1) is 13.1 Å². The van der Waals surface area contributed by atoms with Crippen molar-refractivity contribution in [2.24, 2.45) is 0 Å². The summed E-state index contributed by atoms with van der Waals surface area (Å²) in [5.74, 6) is 0.764. The van der Waals surface area contributed by atoms with Gasteiger partial charge in [0.15, 0.2) is 6.10 Å². The molecule has 2 N–H and O–H groups in total. The van der Waals surface area contributed by atoms with Gasteiger partial charge in [-0.3, -0.25) is 5.32 Å². The Bertz CT molecular complexity index is 1030. The number of hydrogen-bond acceptors (Lipinski definition) is 3. The van der Waals surface area contributed by atoms with E-state index in [0.717, 1.165) is 30.9 Å². The van der Waals surface area contributed by atoms with E-state index in [1.54, 1.807) is 30.3 Å². The Balaban J connectivity index is 0.00000408. The van der Waals surface area contributed by atoms with Gasteiger partial charge in [-0.2, -0.15) is 0 Å². The molecule has 0 heterocycles. The number of benzene rings is 3. The van der Waals surface area contributed by atoms with E-state index >= 15 is 0 Å². The van der Waals surface area contributed by atoms with Gasteiger partial charge in [0, 0.05) is 21.3 Å². The van der Waals surface area contributed by atoms with Crippen LogP contribution in [0.25, 0.3) is 0 Å². The molecule has 1 unspecified atom stereocenters. The second-order valence-electron chi connectivity index (χ2n) is 7.57. The van der Waals surface area contributed by atoms with Crippen molar-refractivity contribution >= 4 is 35.0 Å². The Labute approximate surface area is 217 Å². The molecule has 34 heavy (non-hydrogen) atoms. The summed E-state index contributed by atoms with van der Waals surface area (Å²) in [7, 11) is 0. The SMILES string of the molecule is CC[NH+](CC)CCOc1ccc(C(OC(=O)Nc2ccccc2)c2ccc(Cl)cc2Cl)cc1.[Cl-]. The van der Waals surface area contributed by atoms with Crippen molar-refractivity contribution in [3.05, 3.63) is 94.0 Å². The molecule has 0 saturated heterocycles. The zero-order valence-electron chi connectivity index (χ0n) is 19.2. The van der Waals surface area contributed by atoms with Crippen molar-refractivity contribution in [3.63, 3.8) is 0 Å². The highest BCUT2D eigenvalue weighted by Crippen LogP contribution is 2.34. The molecule has 0 saturated carbocycles. The van der Waals surface area contributed by atoms with Crippen LogP contribution in [0.5, 0.6) is 5.75 Å². The standard InChI is InChI=1S/C26H28Cl2N2O3.ClH/c1-3-30(4-2)16-17-32-22-13-10-19(11-14-22)25(23-15-12-20(27)18-24(23)28)33-26(31)29-21-8-6-5-7-9-21;/h5-15,18,25H,3-4,16-17H2,1-2H3,(H,29,31);1H. The first kappa shape index (κ1) is 27.8. The molecule has 5 nitrogen and oxygen atoms in total. The molecule has 0 radical (unpaired) electrons. The average molecular weight is 524 g/mol. The number of quaternary nitrogens is 1. The molecule has 3 aromatic rings. The lowest BCUT2D eigenvalue weighted by molar-refractivity contribution is -0.896. The molecular weight excluding hydrogens is 495 g/mol. The first-order chi connectivity index (χ1) is 16.0. The number of anilines is 1. The zero-order chi connectivity index (χ0) is 23.6. The fourth-order valence-electron chi connectivity index (χ4n) is 3.46. The zero-order valence-corrected chi connectivity index (χ0v) is 21.5. The van der Waals surface area contributed by atoms with E-state index in [9.17, 15) is 4.79 Å². The second-order valence-corrected chi connectivity index (χ2v) is 8.41. The highest BCUT2D eigenvalue weighted by Gasteiger charge is 2.22. The summed E-state index contributed by atoms with van der Waals surface area (Å²) in [5.41, 5.74) is 2.05. The molecule has 0 aliphatic carbocycles. The van der Waals surface area contributed by atoms with E-state index in [0.29, 0.717) is 27.9 Å². The van der Waals surface area contributed by atoms with Crippen LogP contribution < -0.4 is 27.4 Å². The number of carbonyl (C=O) groups is 1. The van der Waals surface area contributed by atoms with Gasteiger partial charge in [-0.1, -0.05) is 59.6 Å².